The highest BCUT2D eigenvalue weighted by atomic mass is 16.4. The highest BCUT2D eigenvalue weighted by Gasteiger charge is 2.33. The Balaban J connectivity index is 2.33. The molecule has 100 valence electrons. The summed E-state index contributed by atoms with van der Waals surface area (Å²) in [6.07, 6.45) is 5.09. The molecule has 2 rings (SSSR count). The Kier molecular flexibility index (Phi) is 3.50. The molecule has 0 saturated heterocycles. The van der Waals surface area contributed by atoms with Gasteiger partial charge in [0.1, 0.15) is 5.69 Å². The Morgan fingerprint density at radius 3 is 2.84 bits per heavy atom. The molecule has 2 heterocycles. The van der Waals surface area contributed by atoms with Crippen LogP contribution >= 0.6 is 0 Å². The van der Waals surface area contributed by atoms with Gasteiger partial charge in [0, 0.05) is 12.4 Å². The van der Waals surface area contributed by atoms with Crippen molar-refractivity contribution in [3.63, 3.8) is 0 Å². The van der Waals surface area contributed by atoms with Crippen LogP contribution in [0.25, 0.3) is 11.5 Å². The van der Waals surface area contributed by atoms with Crippen LogP contribution in [0.5, 0.6) is 0 Å². The van der Waals surface area contributed by atoms with Gasteiger partial charge in [0.05, 0.1) is 18.2 Å². The van der Waals surface area contributed by atoms with Crippen molar-refractivity contribution >= 4 is 5.97 Å². The topological polar surface area (TPSA) is 107 Å². The van der Waals surface area contributed by atoms with Crippen molar-refractivity contribution in [3.8, 4) is 11.5 Å². The monoisotopic (exact) mass is 262 g/mol. The van der Waals surface area contributed by atoms with Crippen LogP contribution in [0.1, 0.15) is 20.3 Å². The first-order chi connectivity index (χ1) is 9.07. The van der Waals surface area contributed by atoms with E-state index < -0.39 is 11.4 Å². The van der Waals surface area contributed by atoms with E-state index in [1.54, 1.807) is 13.1 Å². The zero-order chi connectivity index (χ0) is 13.9. The number of aromatic nitrogens is 6. The summed E-state index contributed by atoms with van der Waals surface area (Å²) in [5.74, 6) is -0.468. The highest BCUT2D eigenvalue weighted by molar-refractivity contribution is 5.74. The van der Waals surface area contributed by atoms with Crippen molar-refractivity contribution in [1.82, 2.24) is 30.2 Å². The molecule has 0 fully saturated rings. The lowest BCUT2D eigenvalue weighted by Gasteiger charge is -2.22. The lowest BCUT2D eigenvalue weighted by Crippen LogP contribution is -2.32. The minimum Gasteiger partial charge on any atom is -0.481 e. The number of carboxylic acid groups (broad SMARTS) is 1. The quantitative estimate of drug-likeness (QED) is 0.842. The van der Waals surface area contributed by atoms with Gasteiger partial charge in [-0.15, -0.1) is 5.10 Å². The van der Waals surface area contributed by atoms with Crippen molar-refractivity contribution in [2.75, 3.05) is 0 Å². The van der Waals surface area contributed by atoms with Crippen LogP contribution < -0.4 is 0 Å². The third kappa shape index (κ3) is 2.56. The Bertz CT molecular complexity index is 570. The summed E-state index contributed by atoms with van der Waals surface area (Å²) >= 11 is 0. The van der Waals surface area contributed by atoms with Crippen molar-refractivity contribution in [1.29, 1.82) is 0 Å². The Labute approximate surface area is 109 Å². The van der Waals surface area contributed by atoms with Crippen LogP contribution in [0.3, 0.4) is 0 Å². The van der Waals surface area contributed by atoms with Crippen molar-refractivity contribution in [2.45, 2.75) is 26.8 Å². The van der Waals surface area contributed by atoms with E-state index in [4.69, 9.17) is 0 Å². The molecule has 0 aromatic carbocycles. The SMILES string of the molecule is CCC(C)(Cn1nnnc1-c1cnccn1)C(=O)O. The summed E-state index contributed by atoms with van der Waals surface area (Å²) in [6, 6.07) is 0. The van der Waals surface area contributed by atoms with Gasteiger partial charge in [-0.25, -0.2) is 9.67 Å². The molecule has 1 unspecified atom stereocenters. The predicted octanol–water partition coefficient (Wildman–Crippen LogP) is 0.631. The molecule has 2 aromatic rings. The van der Waals surface area contributed by atoms with E-state index in [1.807, 2.05) is 6.92 Å². The highest BCUT2D eigenvalue weighted by Crippen LogP contribution is 2.25. The zero-order valence-corrected chi connectivity index (χ0v) is 10.7. The summed E-state index contributed by atoms with van der Waals surface area (Å²) in [5, 5.41) is 20.6. The second-order valence-electron chi connectivity index (χ2n) is 4.47. The number of carboxylic acids is 1. The Morgan fingerprint density at radius 2 is 2.26 bits per heavy atom. The molecule has 8 nitrogen and oxygen atoms in total. The normalized spacial score (nSPS) is 14.0. The summed E-state index contributed by atoms with van der Waals surface area (Å²) in [7, 11) is 0. The summed E-state index contributed by atoms with van der Waals surface area (Å²) in [5.41, 5.74) is -0.414. The average Bonchev–Trinajstić information content (AvgIpc) is 2.87. The molecule has 19 heavy (non-hydrogen) atoms. The molecule has 0 amide bonds. The number of hydrogen-bond acceptors (Lipinski definition) is 6. The number of tetrazole rings is 1. The number of hydrogen-bond donors (Lipinski definition) is 1. The van der Waals surface area contributed by atoms with E-state index >= 15 is 0 Å². The lowest BCUT2D eigenvalue weighted by molar-refractivity contribution is -0.149. The zero-order valence-electron chi connectivity index (χ0n) is 10.7. The second-order valence-corrected chi connectivity index (χ2v) is 4.47. The van der Waals surface area contributed by atoms with Crippen molar-refractivity contribution < 1.29 is 9.90 Å². The van der Waals surface area contributed by atoms with Crippen LogP contribution in [-0.2, 0) is 11.3 Å². The van der Waals surface area contributed by atoms with Crippen LogP contribution in [0, 0.1) is 5.41 Å². The fourth-order valence-electron chi connectivity index (χ4n) is 1.57. The first-order valence-electron chi connectivity index (χ1n) is 5.83. The molecule has 0 bridgehead atoms. The van der Waals surface area contributed by atoms with Crippen molar-refractivity contribution in [3.05, 3.63) is 18.6 Å². The van der Waals surface area contributed by atoms with Crippen molar-refractivity contribution in [2.24, 2.45) is 5.41 Å². The molecule has 1 atom stereocenters. The van der Waals surface area contributed by atoms with Gasteiger partial charge in [-0.05, 0) is 23.8 Å². The molecular formula is C11H14N6O2. The van der Waals surface area contributed by atoms with E-state index in [9.17, 15) is 9.90 Å². The van der Waals surface area contributed by atoms with E-state index in [0.29, 0.717) is 17.9 Å². The largest absolute Gasteiger partial charge is 0.481 e. The third-order valence-corrected chi connectivity index (χ3v) is 3.12. The van der Waals surface area contributed by atoms with Gasteiger partial charge in [-0.3, -0.25) is 9.78 Å². The van der Waals surface area contributed by atoms with Gasteiger partial charge in [0.25, 0.3) is 0 Å². The maximum atomic E-state index is 11.3. The molecule has 8 heteroatoms. The molecular weight excluding hydrogens is 248 g/mol. The lowest BCUT2D eigenvalue weighted by atomic mass is 9.88. The summed E-state index contributed by atoms with van der Waals surface area (Å²) < 4.78 is 1.45. The van der Waals surface area contributed by atoms with E-state index in [0.717, 1.165) is 0 Å². The molecule has 2 aromatic heterocycles. The molecule has 0 radical (unpaired) electrons. The Morgan fingerprint density at radius 1 is 1.47 bits per heavy atom. The van der Waals surface area contributed by atoms with Gasteiger partial charge in [0.15, 0.2) is 0 Å². The van der Waals surface area contributed by atoms with Gasteiger partial charge in [0.2, 0.25) is 5.82 Å². The van der Waals surface area contributed by atoms with Crippen LogP contribution in [0.4, 0.5) is 0 Å². The molecule has 0 aliphatic carbocycles. The van der Waals surface area contributed by atoms with Crippen LogP contribution in [0.2, 0.25) is 0 Å². The number of carbonyl (C=O) groups is 1. The second kappa shape index (κ2) is 5.09. The number of nitrogens with zero attached hydrogens (tertiary/aromatic N) is 6. The first kappa shape index (κ1) is 13.1. The fourth-order valence-corrected chi connectivity index (χ4v) is 1.57. The van der Waals surface area contributed by atoms with Crippen LogP contribution in [0.15, 0.2) is 18.6 Å². The maximum Gasteiger partial charge on any atom is 0.311 e. The van der Waals surface area contributed by atoms with Crippen LogP contribution in [-0.4, -0.2) is 41.3 Å². The third-order valence-electron chi connectivity index (χ3n) is 3.12. The summed E-state index contributed by atoms with van der Waals surface area (Å²) in [4.78, 5) is 19.4. The van der Waals surface area contributed by atoms with E-state index in [-0.39, 0.29) is 6.54 Å². The number of rotatable bonds is 5. The van der Waals surface area contributed by atoms with Gasteiger partial charge < -0.3 is 5.11 Å². The Hall–Kier alpha value is -2.38. The average molecular weight is 262 g/mol. The van der Waals surface area contributed by atoms with E-state index in [1.165, 1.54) is 17.1 Å². The van der Waals surface area contributed by atoms with Gasteiger partial charge >= 0.3 is 5.97 Å². The minimum atomic E-state index is -0.924. The molecule has 0 aliphatic rings. The standard InChI is InChI=1S/C11H14N6O2/c1-3-11(2,10(18)19)7-17-9(14-15-16-17)8-6-12-4-5-13-8/h4-6H,3,7H2,1-2H3,(H,18,19). The fraction of sp³-hybridized carbons (Fsp3) is 0.455. The minimum absolute atomic E-state index is 0.178. The number of aliphatic carboxylic acids is 1. The molecule has 1 N–H and O–H groups in total. The van der Waals surface area contributed by atoms with Gasteiger partial charge in [-0.2, -0.15) is 0 Å². The molecule has 0 spiro atoms. The van der Waals surface area contributed by atoms with Gasteiger partial charge in [-0.1, -0.05) is 6.92 Å². The van der Waals surface area contributed by atoms with E-state index in [2.05, 4.69) is 25.5 Å². The molecule has 0 saturated carbocycles. The summed E-state index contributed by atoms with van der Waals surface area (Å²) in [6.45, 7) is 3.66. The smallest absolute Gasteiger partial charge is 0.311 e. The molecule has 0 aliphatic heterocycles. The maximum absolute atomic E-state index is 11.3. The first-order valence-corrected chi connectivity index (χ1v) is 5.83. The predicted molar refractivity (Wildman–Crippen MR) is 64.9 cm³/mol.